The smallest absolute Gasteiger partial charge is 0.251 e. The highest BCUT2D eigenvalue weighted by atomic mass is 35.5. The number of para-hydroxylation sites is 3. The maximum atomic E-state index is 12.2. The second kappa shape index (κ2) is 11.5. The number of carbonyl (C=O) groups is 1. The molecule has 1 N–H and O–H groups in total. The van der Waals surface area contributed by atoms with Crippen LogP contribution in [0.1, 0.15) is 35.4 Å². The Kier molecular flexibility index (Phi) is 7.99. The third-order valence-corrected chi connectivity index (χ3v) is 5.75. The van der Waals surface area contributed by atoms with Crippen molar-refractivity contribution in [1.29, 1.82) is 0 Å². The minimum Gasteiger partial charge on any atom is -0.492 e. The van der Waals surface area contributed by atoms with E-state index in [0.717, 1.165) is 54.8 Å². The highest BCUT2D eigenvalue weighted by Gasteiger charge is 2.11. The van der Waals surface area contributed by atoms with Crippen molar-refractivity contribution in [1.82, 2.24) is 14.9 Å². The van der Waals surface area contributed by atoms with Crippen molar-refractivity contribution >= 4 is 28.5 Å². The topological polar surface area (TPSA) is 56.2 Å². The number of hydrogen-bond donors (Lipinski definition) is 1. The standard InChI is InChI=1S/C27H28ClN3O2/c28-22-11-9-10-21(20-22)27(32)29-17-8-2-5-16-26-30-24-14-6-7-15-25(24)31(26)18-19-33-23-12-3-1-4-13-23/h1,3-4,6-7,9-15,20H,2,5,8,16-19H2,(H,29,32). The van der Waals surface area contributed by atoms with Crippen LogP contribution in [0.3, 0.4) is 0 Å². The number of benzene rings is 3. The molecule has 0 saturated carbocycles. The lowest BCUT2D eigenvalue weighted by Gasteiger charge is -2.11. The summed E-state index contributed by atoms with van der Waals surface area (Å²) < 4.78 is 8.17. The van der Waals surface area contributed by atoms with Gasteiger partial charge < -0.3 is 14.6 Å². The molecule has 0 saturated heterocycles. The predicted molar refractivity (Wildman–Crippen MR) is 133 cm³/mol. The van der Waals surface area contributed by atoms with E-state index in [1.165, 1.54) is 0 Å². The molecular weight excluding hydrogens is 434 g/mol. The van der Waals surface area contributed by atoms with Gasteiger partial charge in [-0.05, 0) is 55.3 Å². The van der Waals surface area contributed by atoms with Crippen LogP contribution in [0.2, 0.25) is 5.02 Å². The summed E-state index contributed by atoms with van der Waals surface area (Å²) >= 11 is 5.96. The number of imidazole rings is 1. The summed E-state index contributed by atoms with van der Waals surface area (Å²) in [6.45, 7) is 1.99. The number of aryl methyl sites for hydroxylation is 1. The minimum absolute atomic E-state index is 0.0855. The predicted octanol–water partition coefficient (Wildman–Crippen LogP) is 5.91. The fourth-order valence-corrected chi connectivity index (χ4v) is 4.05. The number of amides is 1. The third kappa shape index (κ3) is 6.36. The van der Waals surface area contributed by atoms with Crippen molar-refractivity contribution in [3.63, 3.8) is 0 Å². The first-order valence-corrected chi connectivity index (χ1v) is 11.7. The average Bonchev–Trinajstić information content (AvgIpc) is 3.19. The first-order chi connectivity index (χ1) is 16.2. The first kappa shape index (κ1) is 22.9. The lowest BCUT2D eigenvalue weighted by atomic mass is 10.1. The van der Waals surface area contributed by atoms with Crippen LogP contribution in [0.5, 0.6) is 5.75 Å². The van der Waals surface area contributed by atoms with Crippen molar-refractivity contribution in [2.75, 3.05) is 13.2 Å². The maximum absolute atomic E-state index is 12.2. The van der Waals surface area contributed by atoms with Crippen molar-refractivity contribution in [3.8, 4) is 5.75 Å². The van der Waals surface area contributed by atoms with Crippen LogP contribution in [0.15, 0.2) is 78.9 Å². The van der Waals surface area contributed by atoms with Crippen LogP contribution >= 0.6 is 11.6 Å². The second-order valence-corrected chi connectivity index (χ2v) is 8.34. The van der Waals surface area contributed by atoms with E-state index in [4.69, 9.17) is 21.3 Å². The van der Waals surface area contributed by atoms with Gasteiger partial charge in [0.05, 0.1) is 17.6 Å². The Balaban J connectivity index is 1.26. The van der Waals surface area contributed by atoms with Crippen LogP contribution in [-0.2, 0) is 13.0 Å². The molecule has 0 aliphatic carbocycles. The minimum atomic E-state index is -0.0855. The number of carbonyl (C=O) groups excluding carboxylic acids is 1. The quantitative estimate of drug-likeness (QED) is 0.282. The van der Waals surface area contributed by atoms with Crippen LogP contribution in [-0.4, -0.2) is 28.6 Å². The molecule has 0 aliphatic rings. The van der Waals surface area contributed by atoms with Crippen molar-refractivity contribution < 1.29 is 9.53 Å². The number of unbranched alkanes of at least 4 members (excludes halogenated alkanes) is 2. The van der Waals surface area contributed by atoms with Gasteiger partial charge in [-0.3, -0.25) is 4.79 Å². The summed E-state index contributed by atoms with van der Waals surface area (Å²) in [4.78, 5) is 17.1. The Morgan fingerprint density at radius 3 is 2.61 bits per heavy atom. The fraction of sp³-hybridized carbons (Fsp3) is 0.259. The Hall–Kier alpha value is -3.31. The second-order valence-electron chi connectivity index (χ2n) is 7.91. The molecule has 5 nitrogen and oxygen atoms in total. The van der Waals surface area contributed by atoms with E-state index >= 15 is 0 Å². The Labute approximate surface area is 199 Å². The molecular formula is C27H28ClN3O2. The molecule has 3 aromatic carbocycles. The van der Waals surface area contributed by atoms with Crippen molar-refractivity contribution in [3.05, 3.63) is 95.3 Å². The normalized spacial score (nSPS) is 10.9. The highest BCUT2D eigenvalue weighted by molar-refractivity contribution is 6.30. The summed E-state index contributed by atoms with van der Waals surface area (Å²) in [5.41, 5.74) is 2.74. The molecule has 0 bridgehead atoms. The number of nitrogens with zero attached hydrogens (tertiary/aromatic N) is 2. The van der Waals surface area contributed by atoms with E-state index in [-0.39, 0.29) is 5.91 Å². The lowest BCUT2D eigenvalue weighted by molar-refractivity contribution is 0.0953. The fourth-order valence-electron chi connectivity index (χ4n) is 3.86. The van der Waals surface area contributed by atoms with Crippen LogP contribution in [0, 0.1) is 0 Å². The SMILES string of the molecule is O=C(NCCCCCc1nc2ccccc2n1CCOc1ccccc1)c1cccc(Cl)c1. The molecule has 1 heterocycles. The van der Waals surface area contributed by atoms with Gasteiger partial charge in [-0.2, -0.15) is 0 Å². The Bertz CT molecular complexity index is 1190. The molecule has 0 atom stereocenters. The number of ether oxygens (including phenoxy) is 1. The zero-order valence-corrected chi connectivity index (χ0v) is 19.3. The molecule has 6 heteroatoms. The summed E-state index contributed by atoms with van der Waals surface area (Å²) in [6, 6.07) is 25.1. The molecule has 0 radical (unpaired) electrons. The Morgan fingerprint density at radius 1 is 0.939 bits per heavy atom. The molecule has 33 heavy (non-hydrogen) atoms. The van der Waals surface area contributed by atoms with Crippen molar-refractivity contribution in [2.24, 2.45) is 0 Å². The number of aromatic nitrogens is 2. The van der Waals surface area contributed by atoms with Gasteiger partial charge in [-0.15, -0.1) is 0 Å². The summed E-state index contributed by atoms with van der Waals surface area (Å²) in [7, 11) is 0. The van der Waals surface area contributed by atoms with Crippen LogP contribution in [0.25, 0.3) is 11.0 Å². The molecule has 4 aromatic rings. The van der Waals surface area contributed by atoms with Crippen LogP contribution in [0.4, 0.5) is 0 Å². The van der Waals surface area contributed by atoms with E-state index < -0.39 is 0 Å². The van der Waals surface area contributed by atoms with E-state index in [1.54, 1.807) is 24.3 Å². The van der Waals surface area contributed by atoms with E-state index in [1.807, 2.05) is 42.5 Å². The van der Waals surface area contributed by atoms with Gasteiger partial charge in [-0.25, -0.2) is 4.98 Å². The third-order valence-electron chi connectivity index (χ3n) is 5.51. The summed E-state index contributed by atoms with van der Waals surface area (Å²) in [5.74, 6) is 1.87. The first-order valence-electron chi connectivity index (χ1n) is 11.4. The molecule has 0 spiro atoms. The molecule has 0 unspecified atom stereocenters. The average molecular weight is 462 g/mol. The van der Waals surface area contributed by atoms with Gasteiger partial charge in [-0.1, -0.05) is 54.4 Å². The van der Waals surface area contributed by atoms with Crippen LogP contribution < -0.4 is 10.1 Å². The highest BCUT2D eigenvalue weighted by Crippen LogP contribution is 2.18. The number of rotatable bonds is 11. The Morgan fingerprint density at radius 2 is 1.76 bits per heavy atom. The number of halogens is 1. The van der Waals surface area contributed by atoms with Gasteiger partial charge in [0, 0.05) is 23.6 Å². The van der Waals surface area contributed by atoms with Gasteiger partial charge in [0.2, 0.25) is 0 Å². The summed E-state index contributed by atoms with van der Waals surface area (Å²) in [6.07, 6.45) is 3.83. The molecule has 0 aliphatic heterocycles. The van der Waals surface area contributed by atoms with E-state index in [9.17, 15) is 4.79 Å². The van der Waals surface area contributed by atoms with Crippen molar-refractivity contribution in [2.45, 2.75) is 32.2 Å². The van der Waals surface area contributed by atoms with E-state index in [0.29, 0.717) is 23.7 Å². The van der Waals surface area contributed by atoms with Gasteiger partial charge in [0.15, 0.2) is 0 Å². The maximum Gasteiger partial charge on any atom is 0.251 e. The molecule has 4 rings (SSSR count). The van der Waals surface area contributed by atoms with Gasteiger partial charge >= 0.3 is 0 Å². The molecule has 1 amide bonds. The lowest BCUT2D eigenvalue weighted by Crippen LogP contribution is -2.24. The zero-order valence-electron chi connectivity index (χ0n) is 18.5. The van der Waals surface area contributed by atoms with E-state index in [2.05, 4.69) is 22.0 Å². The number of fused-ring (bicyclic) bond motifs is 1. The zero-order chi connectivity index (χ0) is 22.9. The summed E-state index contributed by atoms with van der Waals surface area (Å²) in [5, 5.41) is 3.54. The molecule has 0 fully saturated rings. The largest absolute Gasteiger partial charge is 0.492 e. The molecule has 170 valence electrons. The van der Waals surface area contributed by atoms with Gasteiger partial charge in [0.25, 0.3) is 5.91 Å². The molecule has 1 aromatic heterocycles. The van der Waals surface area contributed by atoms with Gasteiger partial charge in [0.1, 0.15) is 18.2 Å². The number of nitrogens with one attached hydrogen (secondary N) is 1. The monoisotopic (exact) mass is 461 g/mol. The number of hydrogen-bond acceptors (Lipinski definition) is 3.